The first kappa shape index (κ1) is 22.2. The van der Waals surface area contributed by atoms with E-state index in [4.69, 9.17) is 9.47 Å². The molecular formula is C25H28N2O4. The molecule has 0 saturated carbocycles. The number of hydrogen-bond acceptors (Lipinski definition) is 5. The fraction of sp³-hybridized carbons (Fsp3) is 0.320. The smallest absolute Gasteiger partial charge is 0.412 e. The monoisotopic (exact) mass is 420 g/mol. The minimum Gasteiger partial charge on any atom is -0.486 e. The molecule has 1 aliphatic rings. The van der Waals surface area contributed by atoms with Gasteiger partial charge in [-0.25, -0.2) is 9.59 Å². The summed E-state index contributed by atoms with van der Waals surface area (Å²) in [4.78, 5) is 25.5. The van der Waals surface area contributed by atoms with Crippen molar-refractivity contribution in [3.63, 3.8) is 0 Å². The normalized spacial score (nSPS) is 15.2. The number of carbonyl (C=O) groups is 1. The van der Waals surface area contributed by atoms with Gasteiger partial charge in [0.15, 0.2) is 0 Å². The van der Waals surface area contributed by atoms with E-state index in [1.807, 2.05) is 80.2 Å². The zero-order valence-electron chi connectivity index (χ0n) is 18.3. The summed E-state index contributed by atoms with van der Waals surface area (Å²) in [5.74, 6) is 2.72. The maximum absolute atomic E-state index is 11.9. The van der Waals surface area contributed by atoms with Crippen LogP contribution in [0.15, 0.2) is 66.4 Å². The zero-order valence-corrected chi connectivity index (χ0v) is 18.3. The number of anilines is 1. The highest BCUT2D eigenvalue weighted by molar-refractivity contribution is 5.85. The standard InChI is InChI=1S/C25H28N2O4/c1-18(19-8-6-5-7-9-19)27-15-14-23(30-17-22(27)16-28)20-10-12-21(13-11-20)26-24(29)31-25(2,3)4/h5-14,18H,15,17H2,1-4H3,(H,26,29)/t18-/m1/s1. The van der Waals surface area contributed by atoms with E-state index in [1.165, 1.54) is 0 Å². The Bertz CT molecular complexity index is 984. The molecule has 1 amide bonds. The van der Waals surface area contributed by atoms with Gasteiger partial charge in [-0.3, -0.25) is 5.32 Å². The topological polar surface area (TPSA) is 67.9 Å². The third-order valence-electron chi connectivity index (χ3n) is 4.87. The first-order valence-electron chi connectivity index (χ1n) is 10.3. The minimum atomic E-state index is -0.560. The summed E-state index contributed by atoms with van der Waals surface area (Å²) < 4.78 is 11.2. The minimum absolute atomic E-state index is 0.0113. The lowest BCUT2D eigenvalue weighted by atomic mass is 10.1. The van der Waals surface area contributed by atoms with E-state index >= 15 is 0 Å². The average molecular weight is 421 g/mol. The van der Waals surface area contributed by atoms with Crippen LogP contribution in [0.5, 0.6) is 0 Å². The summed E-state index contributed by atoms with van der Waals surface area (Å²) >= 11 is 0. The van der Waals surface area contributed by atoms with Crippen LogP contribution in [0.25, 0.3) is 5.76 Å². The van der Waals surface area contributed by atoms with E-state index in [0.29, 0.717) is 23.7 Å². The Labute approximate surface area is 183 Å². The number of hydrogen-bond donors (Lipinski definition) is 1. The number of rotatable bonds is 4. The molecule has 2 aromatic carbocycles. The molecule has 6 nitrogen and oxygen atoms in total. The summed E-state index contributed by atoms with van der Waals surface area (Å²) in [7, 11) is 0. The van der Waals surface area contributed by atoms with Gasteiger partial charge in [0.1, 0.15) is 29.6 Å². The van der Waals surface area contributed by atoms with Crippen molar-refractivity contribution >= 4 is 23.5 Å². The lowest BCUT2D eigenvalue weighted by Crippen LogP contribution is -2.28. The molecule has 0 radical (unpaired) electrons. The van der Waals surface area contributed by atoms with E-state index in [0.717, 1.165) is 11.1 Å². The van der Waals surface area contributed by atoms with Crippen LogP contribution in [-0.2, 0) is 14.3 Å². The molecular weight excluding hydrogens is 392 g/mol. The molecule has 0 aromatic heterocycles. The molecule has 3 rings (SSSR count). The van der Waals surface area contributed by atoms with Crippen LogP contribution in [0, 0.1) is 0 Å². The molecule has 0 spiro atoms. The SMILES string of the molecule is C[C@H](c1ccccc1)N1CC=C(c2ccc(NC(=O)OC(C)(C)C)cc2)OCC1=C=O. The summed E-state index contributed by atoms with van der Waals surface area (Å²) in [5.41, 5.74) is 2.51. The summed E-state index contributed by atoms with van der Waals surface area (Å²) in [5, 5.41) is 2.71. The Kier molecular flexibility index (Phi) is 6.83. The van der Waals surface area contributed by atoms with Gasteiger partial charge in [0.2, 0.25) is 0 Å². The zero-order chi connectivity index (χ0) is 22.4. The van der Waals surface area contributed by atoms with Crippen LogP contribution in [-0.4, -0.2) is 35.7 Å². The van der Waals surface area contributed by atoms with Crippen molar-refractivity contribution in [2.45, 2.75) is 39.3 Å². The first-order valence-corrected chi connectivity index (χ1v) is 10.3. The fourth-order valence-electron chi connectivity index (χ4n) is 3.31. The Balaban J connectivity index is 1.73. The second-order valence-corrected chi connectivity index (χ2v) is 8.35. The molecule has 1 atom stereocenters. The summed E-state index contributed by atoms with van der Waals surface area (Å²) in [6.45, 7) is 8.17. The molecule has 2 aromatic rings. The van der Waals surface area contributed by atoms with Gasteiger partial charge in [-0.15, -0.1) is 0 Å². The van der Waals surface area contributed by atoms with Crippen molar-refractivity contribution in [3.05, 3.63) is 77.5 Å². The predicted molar refractivity (Wildman–Crippen MR) is 121 cm³/mol. The third kappa shape index (κ3) is 6.00. The van der Waals surface area contributed by atoms with E-state index in [1.54, 1.807) is 12.1 Å². The molecule has 1 N–H and O–H groups in total. The molecule has 0 unspecified atom stereocenters. The fourth-order valence-corrected chi connectivity index (χ4v) is 3.31. The van der Waals surface area contributed by atoms with Gasteiger partial charge >= 0.3 is 6.09 Å². The van der Waals surface area contributed by atoms with Crippen LogP contribution in [0.3, 0.4) is 0 Å². The maximum atomic E-state index is 11.9. The summed E-state index contributed by atoms with van der Waals surface area (Å²) in [6.07, 6.45) is 1.46. The number of ether oxygens (including phenoxy) is 2. The Morgan fingerprint density at radius 2 is 1.81 bits per heavy atom. The number of nitrogens with zero attached hydrogens (tertiary/aromatic N) is 1. The molecule has 0 aliphatic carbocycles. The lowest BCUT2D eigenvalue weighted by molar-refractivity contribution is 0.0636. The Morgan fingerprint density at radius 3 is 2.42 bits per heavy atom. The number of carbonyl (C=O) groups excluding carboxylic acids is 2. The molecule has 6 heteroatoms. The van der Waals surface area contributed by atoms with E-state index in [9.17, 15) is 9.59 Å². The maximum Gasteiger partial charge on any atom is 0.412 e. The van der Waals surface area contributed by atoms with Crippen molar-refractivity contribution in [1.29, 1.82) is 0 Å². The van der Waals surface area contributed by atoms with Gasteiger partial charge in [-0.1, -0.05) is 30.3 Å². The van der Waals surface area contributed by atoms with E-state index in [-0.39, 0.29) is 12.6 Å². The third-order valence-corrected chi connectivity index (χ3v) is 4.87. The lowest BCUT2D eigenvalue weighted by Gasteiger charge is -2.29. The molecule has 0 saturated heterocycles. The van der Waals surface area contributed by atoms with Crippen LogP contribution >= 0.6 is 0 Å². The number of nitrogens with one attached hydrogen (secondary N) is 1. The van der Waals surface area contributed by atoms with Gasteiger partial charge in [0.05, 0.1) is 6.04 Å². The van der Waals surface area contributed by atoms with Crippen molar-refractivity contribution < 1.29 is 19.1 Å². The van der Waals surface area contributed by atoms with Gasteiger partial charge in [0.25, 0.3) is 0 Å². The molecule has 1 aliphatic heterocycles. The summed E-state index contributed by atoms with van der Waals surface area (Å²) in [6, 6.07) is 17.3. The molecule has 0 bridgehead atoms. The van der Waals surface area contributed by atoms with Crippen molar-refractivity contribution in [3.8, 4) is 0 Å². The van der Waals surface area contributed by atoms with E-state index < -0.39 is 11.7 Å². The second-order valence-electron chi connectivity index (χ2n) is 8.35. The Hall–Kier alpha value is -3.50. The average Bonchev–Trinajstić information content (AvgIpc) is 2.95. The van der Waals surface area contributed by atoms with Crippen LogP contribution < -0.4 is 5.32 Å². The van der Waals surface area contributed by atoms with Gasteiger partial charge in [-0.05, 0) is 63.6 Å². The highest BCUT2D eigenvalue weighted by Crippen LogP contribution is 2.28. The Morgan fingerprint density at radius 1 is 1.13 bits per heavy atom. The molecule has 0 fully saturated rings. The van der Waals surface area contributed by atoms with Gasteiger partial charge in [0, 0.05) is 17.8 Å². The van der Waals surface area contributed by atoms with Gasteiger partial charge < -0.3 is 14.4 Å². The first-order chi connectivity index (χ1) is 14.8. The number of amides is 1. The van der Waals surface area contributed by atoms with Crippen molar-refractivity contribution in [1.82, 2.24) is 4.90 Å². The highest BCUT2D eigenvalue weighted by Gasteiger charge is 2.23. The van der Waals surface area contributed by atoms with Crippen LogP contribution in [0.1, 0.15) is 44.9 Å². The van der Waals surface area contributed by atoms with Crippen LogP contribution in [0.4, 0.5) is 10.5 Å². The van der Waals surface area contributed by atoms with Gasteiger partial charge in [-0.2, -0.15) is 0 Å². The predicted octanol–water partition coefficient (Wildman–Crippen LogP) is 5.18. The van der Waals surface area contributed by atoms with Crippen molar-refractivity contribution in [2.24, 2.45) is 0 Å². The molecule has 31 heavy (non-hydrogen) atoms. The number of benzene rings is 2. The molecule has 1 heterocycles. The largest absolute Gasteiger partial charge is 0.486 e. The highest BCUT2D eigenvalue weighted by atomic mass is 16.6. The quantitative estimate of drug-likeness (QED) is 0.690. The second kappa shape index (κ2) is 9.54. The molecule has 162 valence electrons. The van der Waals surface area contributed by atoms with Crippen LogP contribution in [0.2, 0.25) is 0 Å². The van der Waals surface area contributed by atoms with E-state index in [2.05, 4.69) is 12.2 Å². The van der Waals surface area contributed by atoms with Crippen molar-refractivity contribution in [2.75, 3.05) is 18.5 Å².